The van der Waals surface area contributed by atoms with E-state index in [1.54, 1.807) is 0 Å². The van der Waals surface area contributed by atoms with E-state index in [9.17, 15) is 0 Å². The molecule has 0 atom stereocenters. The first-order chi connectivity index (χ1) is 9.10. The van der Waals surface area contributed by atoms with Crippen LogP contribution in [0.5, 0.6) is 0 Å². The Kier molecular flexibility index (Phi) is 4.10. The molecule has 2 aromatic carbocycles. The van der Waals surface area contributed by atoms with Crippen LogP contribution in [0.2, 0.25) is 0 Å². The van der Waals surface area contributed by atoms with E-state index in [4.69, 9.17) is 5.73 Å². The molecule has 100 valence electrons. The van der Waals surface area contributed by atoms with Crippen molar-refractivity contribution < 1.29 is 0 Å². The van der Waals surface area contributed by atoms with Crippen molar-refractivity contribution in [2.24, 2.45) is 0 Å². The van der Waals surface area contributed by atoms with Gasteiger partial charge in [0.2, 0.25) is 0 Å². The molecule has 2 heteroatoms. The summed E-state index contributed by atoms with van der Waals surface area (Å²) >= 11 is 0. The minimum atomic E-state index is 0.855. The molecule has 0 spiro atoms. The Hall–Kier alpha value is -1.96. The van der Waals surface area contributed by atoms with Gasteiger partial charge in [-0.2, -0.15) is 0 Å². The van der Waals surface area contributed by atoms with E-state index in [0.717, 1.165) is 18.8 Å². The zero-order chi connectivity index (χ0) is 13.8. The zero-order valence-electron chi connectivity index (χ0n) is 12.0. The van der Waals surface area contributed by atoms with Crippen LogP contribution in [0.15, 0.2) is 42.5 Å². The number of benzene rings is 2. The Morgan fingerprint density at radius 3 is 2.42 bits per heavy atom. The fourth-order valence-corrected chi connectivity index (χ4v) is 2.29. The van der Waals surface area contributed by atoms with Gasteiger partial charge in [-0.15, -0.1) is 0 Å². The van der Waals surface area contributed by atoms with E-state index in [0.29, 0.717) is 0 Å². The van der Waals surface area contributed by atoms with Crippen molar-refractivity contribution in [2.75, 3.05) is 17.2 Å². The van der Waals surface area contributed by atoms with E-state index in [2.05, 4.69) is 62.1 Å². The molecule has 2 rings (SSSR count). The molecular formula is C17H22N2. The molecule has 0 aliphatic heterocycles. The van der Waals surface area contributed by atoms with Crippen molar-refractivity contribution in [2.45, 2.75) is 27.3 Å². The lowest BCUT2D eigenvalue weighted by molar-refractivity contribution is 0.832. The van der Waals surface area contributed by atoms with Crippen LogP contribution in [0.25, 0.3) is 0 Å². The molecule has 0 aliphatic rings. The molecule has 0 aromatic heterocycles. The summed E-state index contributed by atoms with van der Waals surface area (Å²) in [6.07, 6.45) is 0. The summed E-state index contributed by atoms with van der Waals surface area (Å²) in [5.41, 5.74) is 11.9. The SMILES string of the molecule is CCN(Cc1cc(C)ccc1N)c1cccc(C)c1. The smallest absolute Gasteiger partial charge is 0.0449 e. The van der Waals surface area contributed by atoms with E-state index >= 15 is 0 Å². The van der Waals surface area contributed by atoms with Gasteiger partial charge in [0.25, 0.3) is 0 Å². The van der Waals surface area contributed by atoms with Crippen LogP contribution in [-0.2, 0) is 6.54 Å². The fraction of sp³-hybridized carbons (Fsp3) is 0.294. The molecule has 0 saturated carbocycles. The van der Waals surface area contributed by atoms with Crippen molar-refractivity contribution >= 4 is 11.4 Å². The van der Waals surface area contributed by atoms with Crippen molar-refractivity contribution in [3.05, 3.63) is 59.2 Å². The molecule has 0 bridgehead atoms. The lowest BCUT2D eigenvalue weighted by atomic mass is 10.1. The van der Waals surface area contributed by atoms with Crippen LogP contribution in [0, 0.1) is 13.8 Å². The van der Waals surface area contributed by atoms with Crippen molar-refractivity contribution in [1.29, 1.82) is 0 Å². The van der Waals surface area contributed by atoms with Gasteiger partial charge in [0, 0.05) is 24.5 Å². The van der Waals surface area contributed by atoms with E-state index < -0.39 is 0 Å². The second-order valence-corrected chi connectivity index (χ2v) is 5.06. The molecule has 2 nitrogen and oxygen atoms in total. The predicted octanol–water partition coefficient (Wildman–Crippen LogP) is 3.91. The van der Waals surface area contributed by atoms with E-state index in [1.807, 2.05) is 6.07 Å². The number of nitrogen functional groups attached to an aromatic ring is 1. The van der Waals surface area contributed by atoms with Gasteiger partial charge < -0.3 is 10.6 Å². The third-order valence-electron chi connectivity index (χ3n) is 3.41. The highest BCUT2D eigenvalue weighted by molar-refractivity contribution is 5.53. The first kappa shape index (κ1) is 13.5. The third-order valence-corrected chi connectivity index (χ3v) is 3.41. The number of hydrogen-bond acceptors (Lipinski definition) is 2. The Bertz CT molecular complexity index is 561. The summed E-state index contributed by atoms with van der Waals surface area (Å²) in [7, 11) is 0. The molecule has 2 aromatic rings. The summed E-state index contributed by atoms with van der Waals surface area (Å²) in [5, 5.41) is 0. The monoisotopic (exact) mass is 254 g/mol. The van der Waals surface area contributed by atoms with Crippen molar-refractivity contribution in [1.82, 2.24) is 0 Å². The van der Waals surface area contributed by atoms with Crippen LogP contribution < -0.4 is 10.6 Å². The summed E-state index contributed by atoms with van der Waals surface area (Å²) in [6, 6.07) is 14.8. The lowest BCUT2D eigenvalue weighted by Gasteiger charge is -2.24. The molecular weight excluding hydrogens is 232 g/mol. The standard InChI is InChI=1S/C17H22N2/c1-4-19(16-7-5-6-13(2)11-16)12-15-10-14(3)8-9-17(15)18/h5-11H,4,12,18H2,1-3H3. The Balaban J connectivity index is 2.26. The van der Waals surface area contributed by atoms with Crippen LogP contribution in [0.1, 0.15) is 23.6 Å². The Morgan fingerprint density at radius 1 is 1.00 bits per heavy atom. The summed E-state index contributed by atoms with van der Waals surface area (Å²) in [6.45, 7) is 8.23. The van der Waals surface area contributed by atoms with Gasteiger partial charge in [0.1, 0.15) is 0 Å². The van der Waals surface area contributed by atoms with E-state index in [1.165, 1.54) is 22.4 Å². The maximum absolute atomic E-state index is 6.07. The average Bonchev–Trinajstić information content (AvgIpc) is 2.39. The quantitative estimate of drug-likeness (QED) is 0.838. The van der Waals surface area contributed by atoms with E-state index in [-0.39, 0.29) is 0 Å². The molecule has 0 unspecified atom stereocenters. The normalized spacial score (nSPS) is 10.5. The van der Waals surface area contributed by atoms with Crippen LogP contribution in [0.4, 0.5) is 11.4 Å². The number of hydrogen-bond donors (Lipinski definition) is 1. The molecule has 0 saturated heterocycles. The molecule has 0 amide bonds. The number of aryl methyl sites for hydroxylation is 2. The van der Waals surface area contributed by atoms with Crippen LogP contribution in [0.3, 0.4) is 0 Å². The summed E-state index contributed by atoms with van der Waals surface area (Å²) < 4.78 is 0. The summed E-state index contributed by atoms with van der Waals surface area (Å²) in [4.78, 5) is 2.35. The largest absolute Gasteiger partial charge is 0.398 e. The number of rotatable bonds is 4. The van der Waals surface area contributed by atoms with Gasteiger partial charge in [-0.05, 0) is 50.1 Å². The maximum atomic E-state index is 6.07. The zero-order valence-corrected chi connectivity index (χ0v) is 12.0. The second kappa shape index (κ2) is 5.79. The molecule has 19 heavy (non-hydrogen) atoms. The van der Waals surface area contributed by atoms with Gasteiger partial charge >= 0.3 is 0 Å². The lowest BCUT2D eigenvalue weighted by Crippen LogP contribution is -2.22. The first-order valence-electron chi connectivity index (χ1n) is 6.76. The highest BCUT2D eigenvalue weighted by Gasteiger charge is 2.08. The minimum Gasteiger partial charge on any atom is -0.398 e. The molecule has 0 heterocycles. The average molecular weight is 254 g/mol. The van der Waals surface area contributed by atoms with Gasteiger partial charge in [0.15, 0.2) is 0 Å². The van der Waals surface area contributed by atoms with Gasteiger partial charge in [-0.25, -0.2) is 0 Å². The molecule has 0 aliphatic carbocycles. The molecule has 0 fully saturated rings. The Labute approximate surface area is 115 Å². The summed E-state index contributed by atoms with van der Waals surface area (Å²) in [5.74, 6) is 0. The number of nitrogens with two attached hydrogens (primary N) is 1. The van der Waals surface area contributed by atoms with Crippen molar-refractivity contribution in [3.63, 3.8) is 0 Å². The third kappa shape index (κ3) is 3.28. The Morgan fingerprint density at radius 2 is 1.74 bits per heavy atom. The second-order valence-electron chi connectivity index (χ2n) is 5.06. The predicted molar refractivity (Wildman–Crippen MR) is 83.5 cm³/mol. The first-order valence-corrected chi connectivity index (χ1v) is 6.76. The number of nitrogens with zero attached hydrogens (tertiary/aromatic N) is 1. The molecule has 2 N–H and O–H groups in total. The van der Waals surface area contributed by atoms with Gasteiger partial charge in [-0.3, -0.25) is 0 Å². The number of anilines is 2. The maximum Gasteiger partial charge on any atom is 0.0449 e. The van der Waals surface area contributed by atoms with Crippen LogP contribution in [-0.4, -0.2) is 6.54 Å². The topological polar surface area (TPSA) is 29.3 Å². The highest BCUT2D eigenvalue weighted by Crippen LogP contribution is 2.21. The molecule has 0 radical (unpaired) electrons. The van der Waals surface area contributed by atoms with Crippen molar-refractivity contribution in [3.8, 4) is 0 Å². The van der Waals surface area contributed by atoms with Gasteiger partial charge in [0.05, 0.1) is 0 Å². The van der Waals surface area contributed by atoms with Crippen LogP contribution >= 0.6 is 0 Å². The minimum absolute atomic E-state index is 0.855. The fourth-order valence-electron chi connectivity index (χ4n) is 2.29. The van der Waals surface area contributed by atoms with Gasteiger partial charge in [-0.1, -0.05) is 29.8 Å². The highest BCUT2D eigenvalue weighted by atomic mass is 15.1.